The highest BCUT2D eigenvalue weighted by atomic mass is 32.2. The fourth-order valence-electron chi connectivity index (χ4n) is 1.51. The predicted molar refractivity (Wildman–Crippen MR) is 74.0 cm³/mol. The van der Waals surface area contributed by atoms with Gasteiger partial charge in [0.25, 0.3) is 0 Å². The van der Waals surface area contributed by atoms with Gasteiger partial charge in [-0.05, 0) is 12.1 Å². The SMILES string of the molecule is CCN(CC(=O)N(C)C)S(=O)(=O)c1ccccc1N. The summed E-state index contributed by atoms with van der Waals surface area (Å²) in [6.07, 6.45) is 0. The highest BCUT2D eigenvalue weighted by Crippen LogP contribution is 2.21. The number of para-hydroxylation sites is 1. The van der Waals surface area contributed by atoms with Crippen molar-refractivity contribution in [1.82, 2.24) is 9.21 Å². The van der Waals surface area contributed by atoms with Gasteiger partial charge < -0.3 is 10.6 Å². The maximum absolute atomic E-state index is 12.4. The average molecular weight is 285 g/mol. The molecule has 0 unspecified atom stereocenters. The Morgan fingerprint density at radius 1 is 1.26 bits per heavy atom. The molecule has 1 aromatic rings. The van der Waals surface area contributed by atoms with Crippen LogP contribution in [0.4, 0.5) is 5.69 Å². The molecule has 1 amide bonds. The molecule has 0 aromatic heterocycles. The summed E-state index contributed by atoms with van der Waals surface area (Å²) in [5, 5.41) is 0. The Balaban J connectivity index is 3.10. The van der Waals surface area contributed by atoms with Crippen molar-refractivity contribution in [3.8, 4) is 0 Å². The van der Waals surface area contributed by atoms with Gasteiger partial charge in [-0.3, -0.25) is 4.79 Å². The highest BCUT2D eigenvalue weighted by Gasteiger charge is 2.27. The van der Waals surface area contributed by atoms with Crippen LogP contribution in [0, 0.1) is 0 Å². The zero-order chi connectivity index (χ0) is 14.6. The summed E-state index contributed by atoms with van der Waals surface area (Å²) in [7, 11) is -0.584. The van der Waals surface area contributed by atoms with E-state index < -0.39 is 10.0 Å². The van der Waals surface area contributed by atoms with Crippen molar-refractivity contribution in [2.24, 2.45) is 0 Å². The van der Waals surface area contributed by atoms with Crippen molar-refractivity contribution in [3.05, 3.63) is 24.3 Å². The fourth-order valence-corrected chi connectivity index (χ4v) is 3.03. The fraction of sp³-hybridized carbons (Fsp3) is 0.417. The van der Waals surface area contributed by atoms with Gasteiger partial charge in [-0.2, -0.15) is 4.31 Å². The number of benzene rings is 1. The molecule has 1 aromatic carbocycles. The van der Waals surface area contributed by atoms with E-state index in [0.29, 0.717) is 0 Å². The number of nitrogens with zero attached hydrogens (tertiary/aromatic N) is 2. The smallest absolute Gasteiger partial charge is 0.245 e. The maximum Gasteiger partial charge on any atom is 0.245 e. The number of nitrogen functional groups attached to an aromatic ring is 1. The molecule has 2 N–H and O–H groups in total. The molecule has 0 heterocycles. The van der Waals surface area contributed by atoms with Crippen LogP contribution >= 0.6 is 0 Å². The van der Waals surface area contributed by atoms with Crippen LogP contribution < -0.4 is 5.73 Å². The minimum absolute atomic E-state index is 0.0309. The van der Waals surface area contributed by atoms with Gasteiger partial charge >= 0.3 is 0 Å². The third-order valence-electron chi connectivity index (χ3n) is 2.70. The number of amides is 1. The highest BCUT2D eigenvalue weighted by molar-refractivity contribution is 7.89. The molecule has 1 rings (SSSR count). The van der Waals surface area contributed by atoms with Crippen molar-refractivity contribution >= 4 is 21.6 Å². The number of anilines is 1. The molecule has 0 radical (unpaired) electrons. The number of sulfonamides is 1. The zero-order valence-electron chi connectivity index (χ0n) is 11.3. The van der Waals surface area contributed by atoms with E-state index in [1.165, 1.54) is 17.0 Å². The molecule has 0 aliphatic rings. The van der Waals surface area contributed by atoms with Crippen LogP contribution in [0.5, 0.6) is 0 Å². The molecule has 106 valence electrons. The van der Waals surface area contributed by atoms with E-state index in [2.05, 4.69) is 0 Å². The first-order valence-corrected chi connectivity index (χ1v) is 7.29. The second-order valence-corrected chi connectivity index (χ2v) is 6.16. The Labute approximate surface area is 113 Å². The summed E-state index contributed by atoms with van der Waals surface area (Å²) in [4.78, 5) is 13.0. The van der Waals surface area contributed by atoms with Crippen LogP contribution in [0.1, 0.15) is 6.92 Å². The van der Waals surface area contributed by atoms with Gasteiger partial charge in [-0.25, -0.2) is 8.42 Å². The molecular formula is C12H19N3O3S. The largest absolute Gasteiger partial charge is 0.398 e. The monoisotopic (exact) mass is 285 g/mol. The van der Waals surface area contributed by atoms with Gasteiger partial charge in [0.2, 0.25) is 15.9 Å². The topological polar surface area (TPSA) is 83.7 Å². The first kappa shape index (κ1) is 15.5. The summed E-state index contributed by atoms with van der Waals surface area (Å²) in [6, 6.07) is 6.22. The van der Waals surface area contributed by atoms with Crippen molar-refractivity contribution in [1.29, 1.82) is 0 Å². The van der Waals surface area contributed by atoms with E-state index in [9.17, 15) is 13.2 Å². The standard InChI is InChI=1S/C12H19N3O3S/c1-4-15(9-12(16)14(2)3)19(17,18)11-8-6-5-7-10(11)13/h5-8H,4,9,13H2,1-3H3. The average Bonchev–Trinajstić information content (AvgIpc) is 2.35. The number of hydrogen-bond acceptors (Lipinski definition) is 4. The quantitative estimate of drug-likeness (QED) is 0.792. The first-order chi connectivity index (χ1) is 8.80. The normalized spacial score (nSPS) is 11.6. The van der Waals surface area contributed by atoms with Crippen molar-refractivity contribution in [2.75, 3.05) is 32.9 Å². The zero-order valence-corrected chi connectivity index (χ0v) is 12.1. The minimum Gasteiger partial charge on any atom is -0.398 e. The van der Waals surface area contributed by atoms with Crippen LogP contribution in [0.25, 0.3) is 0 Å². The Hall–Kier alpha value is -1.60. The molecule has 19 heavy (non-hydrogen) atoms. The number of likely N-dealkylation sites (N-methyl/N-ethyl adjacent to an activating group) is 2. The van der Waals surface area contributed by atoms with E-state index in [-0.39, 0.29) is 29.6 Å². The number of carbonyl (C=O) groups is 1. The number of carbonyl (C=O) groups excluding carboxylic acids is 1. The van der Waals surface area contributed by atoms with E-state index in [4.69, 9.17) is 5.73 Å². The second-order valence-electron chi connectivity index (χ2n) is 4.26. The second kappa shape index (κ2) is 6.03. The Morgan fingerprint density at radius 2 is 1.84 bits per heavy atom. The van der Waals surface area contributed by atoms with Gasteiger partial charge in [0.1, 0.15) is 4.90 Å². The molecule has 0 bridgehead atoms. The molecular weight excluding hydrogens is 266 g/mol. The summed E-state index contributed by atoms with van der Waals surface area (Å²) in [5.41, 5.74) is 5.87. The summed E-state index contributed by atoms with van der Waals surface area (Å²) in [5.74, 6) is -0.278. The van der Waals surface area contributed by atoms with Gasteiger partial charge in [-0.1, -0.05) is 19.1 Å². The number of rotatable bonds is 5. The summed E-state index contributed by atoms with van der Waals surface area (Å²) >= 11 is 0. The van der Waals surface area contributed by atoms with Crippen LogP contribution in [0.2, 0.25) is 0 Å². The van der Waals surface area contributed by atoms with Crippen molar-refractivity contribution in [2.45, 2.75) is 11.8 Å². The molecule has 0 aliphatic heterocycles. The Morgan fingerprint density at radius 3 is 2.32 bits per heavy atom. The molecule has 0 saturated heterocycles. The Bertz CT molecular complexity index is 555. The molecule has 0 saturated carbocycles. The molecule has 0 fully saturated rings. The van der Waals surface area contributed by atoms with Crippen LogP contribution in [-0.2, 0) is 14.8 Å². The predicted octanol–water partition coefficient (Wildman–Crippen LogP) is 0.368. The van der Waals surface area contributed by atoms with Crippen LogP contribution in [0.3, 0.4) is 0 Å². The molecule has 6 nitrogen and oxygen atoms in total. The lowest BCUT2D eigenvalue weighted by atomic mass is 10.3. The van der Waals surface area contributed by atoms with Crippen LogP contribution in [-0.4, -0.2) is 50.7 Å². The lowest BCUT2D eigenvalue weighted by Gasteiger charge is -2.22. The Kier molecular flexibility index (Phi) is 4.90. The number of hydrogen-bond donors (Lipinski definition) is 1. The van der Waals surface area contributed by atoms with E-state index in [1.54, 1.807) is 33.2 Å². The van der Waals surface area contributed by atoms with Gasteiger partial charge in [0.05, 0.1) is 12.2 Å². The maximum atomic E-state index is 12.4. The van der Waals surface area contributed by atoms with Crippen molar-refractivity contribution in [3.63, 3.8) is 0 Å². The molecule has 0 atom stereocenters. The van der Waals surface area contributed by atoms with Crippen molar-refractivity contribution < 1.29 is 13.2 Å². The third-order valence-corrected chi connectivity index (χ3v) is 4.69. The summed E-state index contributed by atoms with van der Waals surface area (Å²) in [6.45, 7) is 1.69. The number of nitrogens with two attached hydrogens (primary N) is 1. The minimum atomic E-state index is -3.75. The lowest BCUT2D eigenvalue weighted by molar-refractivity contribution is -0.128. The van der Waals surface area contributed by atoms with Crippen LogP contribution in [0.15, 0.2) is 29.2 Å². The molecule has 0 aliphatic carbocycles. The molecule has 0 spiro atoms. The first-order valence-electron chi connectivity index (χ1n) is 5.85. The van der Waals surface area contributed by atoms with E-state index in [1.807, 2.05) is 0 Å². The third kappa shape index (κ3) is 3.45. The molecule has 7 heteroatoms. The van der Waals surface area contributed by atoms with Gasteiger partial charge in [-0.15, -0.1) is 0 Å². The van der Waals surface area contributed by atoms with Gasteiger partial charge in [0.15, 0.2) is 0 Å². The lowest BCUT2D eigenvalue weighted by Crippen LogP contribution is -2.40. The van der Waals surface area contributed by atoms with E-state index >= 15 is 0 Å². The van der Waals surface area contributed by atoms with Gasteiger partial charge in [0, 0.05) is 20.6 Å². The van der Waals surface area contributed by atoms with E-state index in [0.717, 1.165) is 4.31 Å². The summed E-state index contributed by atoms with van der Waals surface area (Å²) < 4.78 is 25.9.